The Kier molecular flexibility index (Phi) is 6.74. The number of imidazole rings is 1. The molecule has 0 saturated heterocycles. The summed E-state index contributed by atoms with van der Waals surface area (Å²) in [6.45, 7) is 10.6. The van der Waals surface area contributed by atoms with Crippen LogP contribution in [-0.2, 0) is 13.1 Å². The molecule has 1 aromatic carbocycles. The summed E-state index contributed by atoms with van der Waals surface area (Å²) in [5.41, 5.74) is 4.58. The van der Waals surface area contributed by atoms with Crippen LogP contribution in [0.2, 0.25) is 0 Å². The van der Waals surface area contributed by atoms with E-state index < -0.39 is 5.82 Å². The third-order valence-electron chi connectivity index (χ3n) is 5.60. The Balaban J connectivity index is 1.64. The lowest BCUT2D eigenvalue weighted by Crippen LogP contribution is -2.25. The second-order valence-corrected chi connectivity index (χ2v) is 9.01. The summed E-state index contributed by atoms with van der Waals surface area (Å²) in [5.74, 6) is 0.127. The summed E-state index contributed by atoms with van der Waals surface area (Å²) >= 11 is 0. The monoisotopic (exact) mass is 464 g/mol. The normalized spacial score (nSPS) is 12.9. The van der Waals surface area contributed by atoms with E-state index in [1.165, 1.54) is 28.2 Å². The maximum Gasteiger partial charge on any atom is 0.278 e. The fourth-order valence-electron chi connectivity index (χ4n) is 3.74. The Morgan fingerprint density at radius 3 is 2.56 bits per heavy atom. The minimum Gasteiger partial charge on any atom is -0.336 e. The number of hydrogen-bond donors (Lipinski definition) is 0. The van der Waals surface area contributed by atoms with E-state index in [4.69, 9.17) is 4.52 Å². The van der Waals surface area contributed by atoms with Crippen molar-refractivity contribution in [1.29, 1.82) is 0 Å². The molecule has 34 heavy (non-hydrogen) atoms. The maximum absolute atomic E-state index is 13.8. The van der Waals surface area contributed by atoms with Crippen molar-refractivity contribution in [3.8, 4) is 17.3 Å². The van der Waals surface area contributed by atoms with Crippen LogP contribution < -0.4 is 0 Å². The van der Waals surface area contributed by atoms with Crippen molar-refractivity contribution >= 4 is 5.91 Å². The molecule has 9 heteroatoms. The molecule has 0 N–H and O–H groups in total. The summed E-state index contributed by atoms with van der Waals surface area (Å²) in [6.07, 6.45) is 5.94. The Bertz CT molecular complexity index is 1240. The van der Waals surface area contributed by atoms with Gasteiger partial charge in [-0.1, -0.05) is 28.5 Å². The van der Waals surface area contributed by atoms with Gasteiger partial charge in [-0.25, -0.2) is 9.37 Å². The van der Waals surface area contributed by atoms with Gasteiger partial charge in [0.25, 0.3) is 11.8 Å². The predicted octanol–water partition coefficient (Wildman–Crippen LogP) is 4.38. The largest absolute Gasteiger partial charge is 0.336 e. The Morgan fingerprint density at radius 1 is 1.18 bits per heavy atom. The van der Waals surface area contributed by atoms with Gasteiger partial charge in [-0.15, -0.1) is 0 Å². The Morgan fingerprint density at radius 2 is 1.88 bits per heavy atom. The van der Waals surface area contributed by atoms with E-state index >= 15 is 0 Å². The second-order valence-electron chi connectivity index (χ2n) is 9.01. The average Bonchev–Trinajstić information content (AvgIpc) is 3.39. The molecule has 0 atom stereocenters. The van der Waals surface area contributed by atoms with E-state index in [1.54, 1.807) is 24.0 Å². The highest BCUT2D eigenvalue weighted by Crippen LogP contribution is 2.30. The number of rotatable bonds is 7. The van der Waals surface area contributed by atoms with Gasteiger partial charge in [-0.3, -0.25) is 14.3 Å². The van der Waals surface area contributed by atoms with E-state index in [-0.39, 0.29) is 18.0 Å². The van der Waals surface area contributed by atoms with Gasteiger partial charge in [-0.2, -0.15) is 4.98 Å². The number of fused-ring (bicyclic) bond motifs is 3. The lowest BCUT2D eigenvalue weighted by molar-refractivity contribution is 0.0787. The zero-order valence-corrected chi connectivity index (χ0v) is 20.2. The van der Waals surface area contributed by atoms with Crippen molar-refractivity contribution in [2.24, 2.45) is 0 Å². The molecule has 4 rings (SSSR count). The minimum absolute atomic E-state index is 0.260. The molecule has 1 amide bonds. The van der Waals surface area contributed by atoms with Gasteiger partial charge >= 0.3 is 0 Å². The molecule has 0 saturated carbocycles. The van der Waals surface area contributed by atoms with Crippen molar-refractivity contribution < 1.29 is 13.7 Å². The quantitative estimate of drug-likeness (QED) is 0.483. The van der Waals surface area contributed by atoms with Crippen LogP contribution in [0.25, 0.3) is 17.3 Å². The second kappa shape index (κ2) is 9.72. The first-order valence-electron chi connectivity index (χ1n) is 11.2. The first-order chi connectivity index (χ1) is 16.2. The van der Waals surface area contributed by atoms with Crippen LogP contribution in [0.5, 0.6) is 0 Å². The molecular formula is C25H29FN6O2. The van der Waals surface area contributed by atoms with Crippen LogP contribution in [0, 0.1) is 5.82 Å². The van der Waals surface area contributed by atoms with Crippen LogP contribution in [0.4, 0.5) is 4.39 Å². The number of carbonyl (C=O) groups is 1. The van der Waals surface area contributed by atoms with E-state index in [9.17, 15) is 9.18 Å². The minimum atomic E-state index is -0.461. The van der Waals surface area contributed by atoms with Crippen LogP contribution >= 0.6 is 0 Å². The number of allylic oxidation sites excluding steroid dienone is 2. The first-order valence-corrected chi connectivity index (χ1v) is 11.2. The predicted molar refractivity (Wildman–Crippen MR) is 127 cm³/mol. The fraction of sp³-hybridized carbons (Fsp3) is 0.360. The molecule has 1 aliphatic rings. The van der Waals surface area contributed by atoms with Gasteiger partial charge < -0.3 is 9.42 Å². The molecular weight excluding hydrogens is 435 g/mol. The SMILES string of the molecule is CC(C)=CCN(CC=C(C)C)Cc1noc(-c2ncn3c2CN(C)C(=O)c2cc(F)ccc2-3)n1. The van der Waals surface area contributed by atoms with Crippen molar-refractivity contribution in [3.63, 3.8) is 0 Å². The molecule has 0 spiro atoms. The molecule has 2 aromatic heterocycles. The third kappa shape index (κ3) is 4.99. The number of hydrogen-bond acceptors (Lipinski definition) is 6. The van der Waals surface area contributed by atoms with Gasteiger partial charge in [-0.05, 0) is 45.9 Å². The van der Waals surface area contributed by atoms with Gasteiger partial charge in [0, 0.05) is 20.1 Å². The topological polar surface area (TPSA) is 80.3 Å². The smallest absolute Gasteiger partial charge is 0.278 e. The van der Waals surface area contributed by atoms with E-state index in [1.807, 2.05) is 0 Å². The number of nitrogens with zero attached hydrogens (tertiary/aromatic N) is 6. The van der Waals surface area contributed by atoms with Gasteiger partial charge in [0.15, 0.2) is 11.5 Å². The first kappa shape index (κ1) is 23.6. The lowest BCUT2D eigenvalue weighted by Gasteiger charge is -2.17. The van der Waals surface area contributed by atoms with Gasteiger partial charge in [0.1, 0.15) is 12.1 Å². The molecule has 0 radical (unpaired) electrons. The average molecular weight is 465 g/mol. The fourth-order valence-corrected chi connectivity index (χ4v) is 3.74. The molecule has 178 valence electrons. The highest BCUT2D eigenvalue weighted by atomic mass is 19.1. The van der Waals surface area contributed by atoms with E-state index in [0.717, 1.165) is 18.8 Å². The number of benzene rings is 1. The maximum atomic E-state index is 13.8. The van der Waals surface area contributed by atoms with Crippen LogP contribution in [0.3, 0.4) is 0 Å². The zero-order valence-electron chi connectivity index (χ0n) is 20.2. The van der Waals surface area contributed by atoms with Gasteiger partial charge in [0.2, 0.25) is 0 Å². The van der Waals surface area contributed by atoms with Crippen LogP contribution in [0.1, 0.15) is 49.6 Å². The lowest BCUT2D eigenvalue weighted by atomic mass is 10.1. The van der Waals surface area contributed by atoms with Crippen molar-refractivity contribution in [1.82, 2.24) is 29.5 Å². The zero-order chi connectivity index (χ0) is 24.4. The molecule has 3 heterocycles. The standard InChI is InChI=1S/C25H29FN6O2/c1-16(2)8-10-31(11-9-17(3)4)14-22-28-24(34-29-22)23-21-13-30(5)25(33)19-12-18(26)6-7-20(19)32(21)15-27-23/h6-9,12,15H,10-11,13-14H2,1-5H3. The van der Waals surface area contributed by atoms with Crippen LogP contribution in [-0.4, -0.2) is 55.5 Å². The molecule has 8 nitrogen and oxygen atoms in total. The van der Waals surface area contributed by atoms with Crippen molar-refractivity contribution in [2.45, 2.75) is 40.8 Å². The number of carbonyl (C=O) groups excluding carboxylic acids is 1. The molecule has 0 unspecified atom stereocenters. The highest BCUT2D eigenvalue weighted by Gasteiger charge is 2.29. The summed E-state index contributed by atoms with van der Waals surface area (Å²) in [4.78, 5) is 25.7. The van der Waals surface area contributed by atoms with E-state index in [2.05, 4.69) is 59.9 Å². The van der Waals surface area contributed by atoms with Crippen molar-refractivity contribution in [2.75, 3.05) is 20.1 Å². The molecule has 0 fully saturated rings. The molecule has 3 aromatic rings. The summed E-state index contributed by atoms with van der Waals surface area (Å²) in [7, 11) is 1.67. The molecule has 1 aliphatic heterocycles. The number of amides is 1. The van der Waals surface area contributed by atoms with E-state index in [0.29, 0.717) is 29.6 Å². The third-order valence-corrected chi connectivity index (χ3v) is 5.60. The summed E-state index contributed by atoms with van der Waals surface area (Å²) in [5, 5.41) is 4.18. The van der Waals surface area contributed by atoms with Crippen molar-refractivity contribution in [3.05, 3.63) is 70.7 Å². The summed E-state index contributed by atoms with van der Waals surface area (Å²) in [6, 6.07) is 4.17. The molecule has 0 aliphatic carbocycles. The highest BCUT2D eigenvalue weighted by molar-refractivity contribution is 5.98. The number of aromatic nitrogens is 4. The molecule has 0 bridgehead atoms. The number of halogens is 1. The summed E-state index contributed by atoms with van der Waals surface area (Å²) < 4.78 is 21.2. The van der Waals surface area contributed by atoms with Crippen LogP contribution in [0.15, 0.2) is 52.3 Å². The Labute approximate surface area is 198 Å². The Hall–Kier alpha value is -3.59. The van der Waals surface area contributed by atoms with Gasteiger partial charge in [0.05, 0.1) is 30.0 Å².